The molecule has 0 aromatic heterocycles. The first-order valence-corrected chi connectivity index (χ1v) is 11.1. The molecule has 3 heteroatoms. The predicted molar refractivity (Wildman–Crippen MR) is 57.6 cm³/mol. The molecule has 0 unspecified atom stereocenters. The van der Waals surface area contributed by atoms with E-state index in [1.807, 2.05) is 6.08 Å². The minimum atomic E-state index is 0.0417. The number of hydrogen-bond acceptors (Lipinski definition) is 0. The lowest BCUT2D eigenvalue weighted by Crippen LogP contribution is -1.68. The number of halogens is 2. The van der Waals surface area contributed by atoms with Crippen LogP contribution >= 0.6 is 25.8 Å². The molecule has 10 heavy (non-hydrogen) atoms. The molecule has 0 atom stereocenters. The summed E-state index contributed by atoms with van der Waals surface area (Å²) in [5.41, 5.74) is 0. The summed E-state index contributed by atoms with van der Waals surface area (Å²) >= 11 is 6.44. The second kappa shape index (κ2) is 16.8. The fourth-order valence-electron chi connectivity index (χ4n) is 0.465. The molecule has 0 aliphatic rings. The average Bonchev–Trinajstić information content (AvgIpc) is 1.91. The maximum absolute atomic E-state index is 3.72. The number of rotatable bonds is 4. The van der Waals surface area contributed by atoms with Crippen molar-refractivity contribution in [2.45, 2.75) is 25.7 Å². The van der Waals surface area contributed by atoms with Crippen LogP contribution < -0.4 is 0 Å². The van der Waals surface area contributed by atoms with Crippen molar-refractivity contribution in [3.8, 4) is 0 Å². The van der Waals surface area contributed by atoms with Crippen molar-refractivity contribution >= 4 is 41.8 Å². The zero-order valence-corrected chi connectivity index (χ0v) is 10.9. The number of hydrogen-bond donors (Lipinski definition) is 0. The van der Waals surface area contributed by atoms with Crippen molar-refractivity contribution in [3.63, 3.8) is 0 Å². The van der Waals surface area contributed by atoms with Gasteiger partial charge in [0.15, 0.2) is 0 Å². The van der Waals surface area contributed by atoms with Gasteiger partial charge in [0.1, 0.15) is 0 Å². The maximum Gasteiger partial charge on any atom is 0.560 e. The zero-order valence-electron chi connectivity index (χ0n) is 6.28. The highest BCUT2D eigenvalue weighted by Crippen LogP contribution is 1.97. The molecule has 0 rings (SSSR count). The Morgan fingerprint density at radius 3 is 2.10 bits per heavy atom. The molecule has 1 radical (unpaired) electrons. The Bertz CT molecular complexity index is 57.6. The van der Waals surface area contributed by atoms with Crippen LogP contribution in [0.3, 0.4) is 0 Å². The fraction of sp³-hybridized carbons (Fsp3) is 0.571. The molecule has 0 saturated heterocycles. The summed E-state index contributed by atoms with van der Waals surface area (Å²) < 4.78 is 0. The third kappa shape index (κ3) is 22.7. The van der Waals surface area contributed by atoms with E-state index in [-0.39, 0.29) is 16.0 Å². The minimum absolute atomic E-state index is 0.0417. The largest absolute Gasteiger partial charge is 0.560 e. The second-order valence-corrected chi connectivity index (χ2v) is 9.82. The Morgan fingerprint density at radius 2 is 1.80 bits per heavy atom. The van der Waals surface area contributed by atoms with Crippen molar-refractivity contribution in [1.82, 2.24) is 0 Å². The van der Waals surface area contributed by atoms with E-state index < -0.39 is 0 Å². The quantitative estimate of drug-likeness (QED) is 0.417. The lowest BCUT2D eigenvalue weighted by molar-refractivity contribution is 0.761. The third-order valence-corrected chi connectivity index (χ3v) is 0.908. The van der Waals surface area contributed by atoms with Crippen molar-refractivity contribution < 1.29 is 0 Å². The van der Waals surface area contributed by atoms with E-state index in [2.05, 4.69) is 39.3 Å². The lowest BCUT2D eigenvalue weighted by Gasteiger charge is -1.87. The Hall–Kier alpha value is 1.47. The van der Waals surface area contributed by atoms with E-state index in [0.717, 1.165) is 12.8 Å². The van der Waals surface area contributed by atoms with Crippen LogP contribution in [0.15, 0.2) is 12.7 Å². The van der Waals surface area contributed by atoms with Gasteiger partial charge in [0.2, 0.25) is 0 Å². The van der Waals surface area contributed by atoms with Gasteiger partial charge in [-0.05, 0) is 12.8 Å². The van der Waals surface area contributed by atoms with Gasteiger partial charge in [0.05, 0.1) is 0 Å². The van der Waals surface area contributed by atoms with Gasteiger partial charge in [0, 0.05) is 0 Å². The van der Waals surface area contributed by atoms with E-state index in [0.29, 0.717) is 0 Å². The monoisotopic (exact) mass is 279 g/mol. The van der Waals surface area contributed by atoms with Crippen LogP contribution in [0, 0.1) is 6.92 Å². The summed E-state index contributed by atoms with van der Waals surface area (Å²) in [6.45, 7) is 7.34. The number of unbranched alkanes of at least 4 members (excludes halogenated alkanes) is 3. The predicted octanol–water partition coefficient (Wildman–Crippen LogP) is 3.88. The standard InChI is InChI=1S/C7H13.2BrH.Mg/c1-3-5-7-6-4-2;;;/h3H,1-2,4-7H2;2*1H;/q;;;+2/p-2. The molecular formula is C7H13Br2Mg. The molecule has 0 aliphatic heterocycles. The summed E-state index contributed by atoms with van der Waals surface area (Å²) in [5, 5.41) is 0. The van der Waals surface area contributed by atoms with Crippen molar-refractivity contribution in [1.29, 1.82) is 0 Å². The Balaban J connectivity index is 0. The molecule has 0 aromatic carbocycles. The Kier molecular flexibility index (Phi) is 23.6. The van der Waals surface area contributed by atoms with E-state index in [1.54, 1.807) is 0 Å². The highest BCUT2D eigenvalue weighted by molar-refractivity contribution is 9.47. The molecule has 0 aliphatic carbocycles. The van der Waals surface area contributed by atoms with Gasteiger partial charge in [-0.2, -0.15) is 0 Å². The van der Waals surface area contributed by atoms with Crippen LogP contribution in [-0.4, -0.2) is 16.0 Å². The molecule has 0 aromatic rings. The first-order valence-electron chi connectivity index (χ1n) is 3.35. The van der Waals surface area contributed by atoms with Crippen LogP contribution in [0.4, 0.5) is 0 Å². The Morgan fingerprint density at radius 1 is 1.30 bits per heavy atom. The molecular weight excluding hydrogens is 268 g/mol. The zero-order chi connectivity index (χ0) is 8.24. The van der Waals surface area contributed by atoms with Crippen molar-refractivity contribution in [3.05, 3.63) is 19.6 Å². The van der Waals surface area contributed by atoms with Gasteiger partial charge < -0.3 is 0 Å². The Labute approximate surface area is 86.3 Å². The highest BCUT2D eigenvalue weighted by Gasteiger charge is 1.77. The van der Waals surface area contributed by atoms with Crippen LogP contribution in [0.2, 0.25) is 0 Å². The van der Waals surface area contributed by atoms with Gasteiger partial charge in [0.25, 0.3) is 0 Å². The van der Waals surface area contributed by atoms with Crippen LogP contribution in [-0.2, 0) is 0 Å². The molecule has 0 saturated carbocycles. The van der Waals surface area contributed by atoms with E-state index in [1.165, 1.54) is 12.8 Å². The van der Waals surface area contributed by atoms with Crippen LogP contribution in [0.5, 0.6) is 0 Å². The van der Waals surface area contributed by atoms with Crippen molar-refractivity contribution in [2.24, 2.45) is 0 Å². The van der Waals surface area contributed by atoms with E-state index in [9.17, 15) is 0 Å². The van der Waals surface area contributed by atoms with E-state index >= 15 is 0 Å². The summed E-state index contributed by atoms with van der Waals surface area (Å²) in [6.07, 6.45) is 6.66. The lowest BCUT2D eigenvalue weighted by atomic mass is 10.2. The SMILES string of the molecule is [Br][Mg][Br].[CH2]CCCCC=C. The summed E-state index contributed by atoms with van der Waals surface area (Å²) in [5.74, 6) is 0. The molecule has 0 fully saturated rings. The number of allylic oxidation sites excluding steroid dienone is 1. The van der Waals surface area contributed by atoms with Gasteiger partial charge in [-0.3, -0.25) is 25.8 Å². The van der Waals surface area contributed by atoms with Gasteiger partial charge in [-0.15, -0.1) is 6.58 Å². The normalized spacial score (nSPS) is 7.10. The fourth-order valence-corrected chi connectivity index (χ4v) is 0.465. The summed E-state index contributed by atoms with van der Waals surface area (Å²) in [4.78, 5) is 0. The molecule has 0 amide bonds. The molecule has 0 heterocycles. The first kappa shape index (κ1) is 14.0. The van der Waals surface area contributed by atoms with Gasteiger partial charge in [-0.25, -0.2) is 0 Å². The molecule has 0 N–H and O–H groups in total. The van der Waals surface area contributed by atoms with Gasteiger partial charge >= 0.3 is 16.0 Å². The summed E-state index contributed by atoms with van der Waals surface area (Å²) in [7, 11) is 0. The summed E-state index contributed by atoms with van der Waals surface area (Å²) in [6, 6.07) is 0. The van der Waals surface area contributed by atoms with Gasteiger partial charge in [-0.1, -0.05) is 25.8 Å². The van der Waals surface area contributed by atoms with Crippen molar-refractivity contribution in [2.75, 3.05) is 0 Å². The molecule has 0 bridgehead atoms. The average molecular weight is 281 g/mol. The highest BCUT2D eigenvalue weighted by atomic mass is 79.9. The topological polar surface area (TPSA) is 0 Å². The third-order valence-electron chi connectivity index (χ3n) is 0.908. The molecule has 57 valence electrons. The van der Waals surface area contributed by atoms with Crippen LogP contribution in [0.1, 0.15) is 25.7 Å². The molecule has 0 nitrogen and oxygen atoms in total. The smallest absolute Gasteiger partial charge is 0.280 e. The molecule has 0 spiro atoms. The maximum atomic E-state index is 3.72. The van der Waals surface area contributed by atoms with E-state index in [4.69, 9.17) is 0 Å². The minimum Gasteiger partial charge on any atom is -0.280 e. The van der Waals surface area contributed by atoms with Crippen LogP contribution in [0.25, 0.3) is 0 Å². The second-order valence-electron chi connectivity index (χ2n) is 1.74. The first-order chi connectivity index (χ1) is 4.83.